The minimum atomic E-state index is -1.28. The first-order valence-corrected chi connectivity index (χ1v) is 7.61. The van der Waals surface area contributed by atoms with Gasteiger partial charge in [-0.1, -0.05) is 6.07 Å². The second-order valence-electron chi connectivity index (χ2n) is 6.01. The van der Waals surface area contributed by atoms with Crippen molar-refractivity contribution in [1.82, 2.24) is 14.8 Å². The Bertz CT molecular complexity index is 884. The Hall–Kier alpha value is -3.36. The van der Waals surface area contributed by atoms with Gasteiger partial charge in [0.15, 0.2) is 12.3 Å². The first kappa shape index (κ1) is 19.0. The molecule has 136 valence electrons. The summed E-state index contributed by atoms with van der Waals surface area (Å²) in [6, 6.07) is 5.75. The van der Waals surface area contributed by atoms with Crippen molar-refractivity contribution >= 4 is 23.6 Å². The van der Waals surface area contributed by atoms with Gasteiger partial charge in [-0.05, 0) is 39.0 Å². The average Bonchev–Trinajstić information content (AvgIpc) is 3.09. The van der Waals surface area contributed by atoms with E-state index in [9.17, 15) is 19.2 Å². The molecule has 0 amide bonds. The van der Waals surface area contributed by atoms with E-state index in [1.807, 2.05) is 0 Å². The minimum Gasteiger partial charge on any atom is -0.476 e. The van der Waals surface area contributed by atoms with Gasteiger partial charge in [-0.2, -0.15) is 5.10 Å². The Morgan fingerprint density at radius 3 is 2.42 bits per heavy atom. The number of rotatable bonds is 6. The van der Waals surface area contributed by atoms with Crippen molar-refractivity contribution in [2.45, 2.75) is 26.2 Å². The van der Waals surface area contributed by atoms with Gasteiger partial charge in [-0.3, -0.25) is 9.59 Å². The largest absolute Gasteiger partial charge is 0.476 e. The zero-order valence-electron chi connectivity index (χ0n) is 14.4. The maximum atomic E-state index is 12.1. The molecule has 0 aliphatic heterocycles. The van der Waals surface area contributed by atoms with Crippen LogP contribution < -0.4 is 0 Å². The smallest absolute Gasteiger partial charge is 0.357 e. The van der Waals surface area contributed by atoms with E-state index in [0.29, 0.717) is 5.69 Å². The minimum absolute atomic E-state index is 0.0451. The van der Waals surface area contributed by atoms with E-state index in [2.05, 4.69) is 10.1 Å². The number of ketones is 1. The normalized spacial score (nSPS) is 11.0. The van der Waals surface area contributed by atoms with Crippen molar-refractivity contribution < 1.29 is 29.0 Å². The summed E-state index contributed by atoms with van der Waals surface area (Å²) in [6.07, 6.45) is 1.16. The van der Waals surface area contributed by atoms with Crippen LogP contribution in [0.4, 0.5) is 0 Å². The van der Waals surface area contributed by atoms with Crippen molar-refractivity contribution in [2.24, 2.45) is 0 Å². The van der Waals surface area contributed by atoms with Crippen LogP contribution in [0.15, 0.2) is 30.5 Å². The summed E-state index contributed by atoms with van der Waals surface area (Å²) >= 11 is 0. The number of pyridine rings is 1. The van der Waals surface area contributed by atoms with Crippen LogP contribution in [0, 0.1) is 0 Å². The number of Topliss-reactive ketones (excluding diaryl/α,β-unsaturated/α-hetero) is 1. The molecule has 0 aliphatic rings. The predicted molar refractivity (Wildman–Crippen MR) is 88.0 cm³/mol. The van der Waals surface area contributed by atoms with Crippen molar-refractivity contribution in [1.29, 1.82) is 0 Å². The second kappa shape index (κ2) is 7.26. The Morgan fingerprint density at radius 2 is 1.85 bits per heavy atom. The molecule has 0 spiro atoms. The summed E-state index contributed by atoms with van der Waals surface area (Å²) < 4.78 is 5.68. The van der Waals surface area contributed by atoms with Crippen LogP contribution in [-0.2, 0) is 14.9 Å². The number of aromatic carboxylic acids is 1. The molecule has 0 aliphatic carbocycles. The number of nitrogens with zero attached hydrogens (tertiary/aromatic N) is 3. The molecule has 26 heavy (non-hydrogen) atoms. The van der Waals surface area contributed by atoms with Crippen molar-refractivity contribution in [2.75, 3.05) is 6.61 Å². The number of carbonyl (C=O) groups excluding carboxylic acids is 3. The predicted octanol–water partition coefficient (Wildman–Crippen LogP) is 1.34. The van der Waals surface area contributed by atoms with Crippen LogP contribution >= 0.6 is 0 Å². The van der Waals surface area contributed by atoms with Gasteiger partial charge >= 0.3 is 11.9 Å². The van der Waals surface area contributed by atoms with E-state index in [4.69, 9.17) is 9.84 Å². The number of esters is 1. The van der Waals surface area contributed by atoms with Crippen molar-refractivity contribution in [3.63, 3.8) is 0 Å². The summed E-state index contributed by atoms with van der Waals surface area (Å²) in [5.74, 6) is -2.95. The standard InChI is InChI=1S/C17H17N3O6/c1-10(21)17(2,3)13-6-4-5-12(18-13)16(25)26-9-14(22)20-8-7-11(19-20)15(23)24/h4-8H,9H2,1-3H3,(H,23,24). The summed E-state index contributed by atoms with van der Waals surface area (Å²) in [6.45, 7) is 4.17. The molecule has 0 fully saturated rings. The molecule has 1 N–H and O–H groups in total. The molecule has 2 rings (SSSR count). The molecule has 0 aromatic carbocycles. The molecule has 0 atom stereocenters. The van der Waals surface area contributed by atoms with Crippen LogP contribution in [0.1, 0.15) is 52.2 Å². The molecule has 0 unspecified atom stereocenters. The SMILES string of the molecule is CC(=O)C(C)(C)c1cccc(C(=O)OCC(=O)n2ccc(C(=O)O)n2)n1. The van der Waals surface area contributed by atoms with E-state index in [-0.39, 0.29) is 17.2 Å². The number of carboxylic acid groups (broad SMARTS) is 1. The van der Waals surface area contributed by atoms with Crippen LogP contribution in [0.5, 0.6) is 0 Å². The highest BCUT2D eigenvalue weighted by molar-refractivity contribution is 5.91. The highest BCUT2D eigenvalue weighted by Gasteiger charge is 2.28. The molecule has 0 bridgehead atoms. The Balaban J connectivity index is 2.07. The lowest BCUT2D eigenvalue weighted by atomic mass is 9.85. The molecule has 0 saturated heterocycles. The van der Waals surface area contributed by atoms with Gasteiger partial charge < -0.3 is 9.84 Å². The molecular formula is C17H17N3O6. The Labute approximate surface area is 148 Å². The maximum Gasteiger partial charge on any atom is 0.357 e. The quantitative estimate of drug-likeness (QED) is 0.765. The highest BCUT2D eigenvalue weighted by atomic mass is 16.5. The van der Waals surface area contributed by atoms with Gasteiger partial charge in [0.25, 0.3) is 5.91 Å². The summed E-state index contributed by atoms with van der Waals surface area (Å²) in [7, 11) is 0. The lowest BCUT2D eigenvalue weighted by molar-refractivity contribution is -0.121. The van der Waals surface area contributed by atoms with Crippen molar-refractivity contribution in [3.05, 3.63) is 47.5 Å². The van der Waals surface area contributed by atoms with Crippen LogP contribution in [0.25, 0.3) is 0 Å². The summed E-state index contributed by atoms with van der Waals surface area (Å²) in [5.41, 5.74) is -0.806. The molecule has 2 heterocycles. The number of aromatic nitrogens is 3. The third-order valence-corrected chi connectivity index (χ3v) is 3.87. The number of hydrogen-bond acceptors (Lipinski definition) is 7. The van der Waals surface area contributed by atoms with Gasteiger partial charge in [0.05, 0.1) is 11.1 Å². The summed E-state index contributed by atoms with van der Waals surface area (Å²) in [5, 5.41) is 12.3. The van der Waals surface area contributed by atoms with Crippen molar-refractivity contribution in [3.8, 4) is 0 Å². The van der Waals surface area contributed by atoms with Gasteiger partial charge in [-0.15, -0.1) is 0 Å². The van der Waals surface area contributed by atoms with E-state index in [0.717, 1.165) is 16.9 Å². The zero-order valence-corrected chi connectivity index (χ0v) is 14.4. The first-order chi connectivity index (χ1) is 12.1. The number of carboxylic acids is 1. The van der Waals surface area contributed by atoms with E-state index < -0.39 is 29.9 Å². The van der Waals surface area contributed by atoms with E-state index >= 15 is 0 Å². The van der Waals surface area contributed by atoms with E-state index in [1.54, 1.807) is 26.0 Å². The lowest BCUT2D eigenvalue weighted by Crippen LogP contribution is -2.28. The Morgan fingerprint density at radius 1 is 1.15 bits per heavy atom. The van der Waals surface area contributed by atoms with Crippen LogP contribution in [-0.4, -0.2) is 50.1 Å². The van der Waals surface area contributed by atoms with Gasteiger partial charge in [-0.25, -0.2) is 19.3 Å². The van der Waals surface area contributed by atoms with Gasteiger partial charge in [0.1, 0.15) is 11.5 Å². The van der Waals surface area contributed by atoms with Gasteiger partial charge in [0.2, 0.25) is 0 Å². The monoisotopic (exact) mass is 359 g/mol. The highest BCUT2D eigenvalue weighted by Crippen LogP contribution is 2.22. The third kappa shape index (κ3) is 4.00. The van der Waals surface area contributed by atoms with Gasteiger partial charge in [0, 0.05) is 6.20 Å². The fourth-order valence-corrected chi connectivity index (χ4v) is 1.92. The number of carbonyl (C=O) groups is 4. The molecule has 9 nitrogen and oxygen atoms in total. The molecule has 0 saturated carbocycles. The Kier molecular flexibility index (Phi) is 5.30. The average molecular weight is 359 g/mol. The summed E-state index contributed by atoms with van der Waals surface area (Å²) in [4.78, 5) is 50.6. The lowest BCUT2D eigenvalue weighted by Gasteiger charge is -2.20. The fraction of sp³-hybridized carbons (Fsp3) is 0.294. The molecular weight excluding hydrogens is 342 g/mol. The third-order valence-electron chi connectivity index (χ3n) is 3.87. The molecule has 2 aromatic heterocycles. The van der Waals surface area contributed by atoms with E-state index in [1.165, 1.54) is 13.0 Å². The number of hydrogen-bond donors (Lipinski definition) is 1. The second-order valence-corrected chi connectivity index (χ2v) is 6.01. The topological polar surface area (TPSA) is 128 Å². The maximum absolute atomic E-state index is 12.1. The number of ether oxygens (including phenoxy) is 1. The molecule has 9 heteroatoms. The van der Waals surface area contributed by atoms with Crippen LogP contribution in [0.2, 0.25) is 0 Å². The van der Waals surface area contributed by atoms with Crippen LogP contribution in [0.3, 0.4) is 0 Å². The molecule has 0 radical (unpaired) electrons. The zero-order chi connectivity index (χ0) is 19.5. The fourth-order valence-electron chi connectivity index (χ4n) is 1.92. The molecule has 2 aromatic rings. The first-order valence-electron chi connectivity index (χ1n) is 7.61.